The fraction of sp³-hybridized carbons (Fsp3) is 0.750. The third-order valence-corrected chi connectivity index (χ3v) is 4.87. The predicted octanol–water partition coefficient (Wildman–Crippen LogP) is 2.54. The van der Waals surface area contributed by atoms with Crippen molar-refractivity contribution in [1.82, 2.24) is 14.7 Å². The van der Waals surface area contributed by atoms with Crippen molar-refractivity contribution in [2.45, 2.75) is 58.0 Å². The number of rotatable bonds is 3. The summed E-state index contributed by atoms with van der Waals surface area (Å²) in [6, 6.07) is 2.68. The lowest BCUT2D eigenvalue weighted by atomic mass is 10.00. The van der Waals surface area contributed by atoms with Crippen LogP contribution in [-0.2, 0) is 6.54 Å². The number of nitrogens with two attached hydrogens (primary N) is 1. The Hall–Kier alpha value is -1.52. The van der Waals surface area contributed by atoms with E-state index in [-0.39, 0.29) is 0 Å². The molecular formula is C16H27N5. The molecule has 3 rings (SSSR count). The van der Waals surface area contributed by atoms with Gasteiger partial charge < -0.3 is 10.6 Å². The van der Waals surface area contributed by atoms with Gasteiger partial charge in [0.05, 0.1) is 18.3 Å². The van der Waals surface area contributed by atoms with Gasteiger partial charge in [-0.05, 0) is 37.7 Å². The standard InChI is InChI=1S/C16H27N5/c1-13-6-9-20(10-7-13)16(17)18-12-14-8-11-21(19-14)15-4-2-3-5-15/h8,11,13,15H,2-7,9-10,12H2,1H3,(H2,17,18). The molecule has 1 aromatic rings. The van der Waals surface area contributed by atoms with Crippen molar-refractivity contribution in [1.29, 1.82) is 0 Å². The Morgan fingerprint density at radius 1 is 1.29 bits per heavy atom. The number of aliphatic imine (C=N–C) groups is 1. The van der Waals surface area contributed by atoms with Crippen LogP contribution in [0.3, 0.4) is 0 Å². The molecule has 0 radical (unpaired) electrons. The molecule has 0 atom stereocenters. The number of aromatic nitrogens is 2. The van der Waals surface area contributed by atoms with Gasteiger partial charge in [-0.2, -0.15) is 5.10 Å². The van der Waals surface area contributed by atoms with E-state index in [1.165, 1.54) is 38.5 Å². The minimum Gasteiger partial charge on any atom is -0.370 e. The van der Waals surface area contributed by atoms with E-state index >= 15 is 0 Å². The van der Waals surface area contributed by atoms with Crippen LogP contribution >= 0.6 is 0 Å². The maximum absolute atomic E-state index is 6.11. The zero-order valence-corrected chi connectivity index (χ0v) is 13.0. The summed E-state index contributed by atoms with van der Waals surface area (Å²) in [7, 11) is 0. The van der Waals surface area contributed by atoms with Crippen LogP contribution in [0, 0.1) is 5.92 Å². The molecule has 1 aliphatic heterocycles. The topological polar surface area (TPSA) is 59.4 Å². The molecule has 21 heavy (non-hydrogen) atoms. The average molecular weight is 289 g/mol. The van der Waals surface area contributed by atoms with E-state index < -0.39 is 0 Å². The monoisotopic (exact) mass is 289 g/mol. The van der Waals surface area contributed by atoms with Crippen molar-refractivity contribution in [3.05, 3.63) is 18.0 Å². The first-order chi connectivity index (χ1) is 10.2. The minimum atomic E-state index is 0.595. The van der Waals surface area contributed by atoms with Gasteiger partial charge in [-0.15, -0.1) is 0 Å². The van der Waals surface area contributed by atoms with Crippen LogP contribution < -0.4 is 5.73 Å². The highest BCUT2D eigenvalue weighted by atomic mass is 15.3. The van der Waals surface area contributed by atoms with Gasteiger partial charge in [-0.1, -0.05) is 19.8 Å². The lowest BCUT2D eigenvalue weighted by Gasteiger charge is -2.30. The molecule has 1 saturated heterocycles. The normalized spacial score (nSPS) is 22.1. The first-order valence-corrected chi connectivity index (χ1v) is 8.31. The van der Waals surface area contributed by atoms with Crippen molar-refractivity contribution in [3.63, 3.8) is 0 Å². The van der Waals surface area contributed by atoms with Crippen molar-refractivity contribution in [2.75, 3.05) is 13.1 Å². The maximum atomic E-state index is 6.11. The van der Waals surface area contributed by atoms with Gasteiger partial charge >= 0.3 is 0 Å². The summed E-state index contributed by atoms with van der Waals surface area (Å²) in [5.41, 5.74) is 7.14. The van der Waals surface area contributed by atoms with Crippen molar-refractivity contribution in [2.24, 2.45) is 16.6 Å². The number of guanidine groups is 1. The second-order valence-electron chi connectivity index (χ2n) is 6.57. The van der Waals surface area contributed by atoms with E-state index in [9.17, 15) is 0 Å². The van der Waals surface area contributed by atoms with Gasteiger partial charge in [0.15, 0.2) is 5.96 Å². The van der Waals surface area contributed by atoms with Crippen LogP contribution in [0.15, 0.2) is 17.3 Å². The van der Waals surface area contributed by atoms with Gasteiger partial charge in [-0.3, -0.25) is 4.68 Å². The quantitative estimate of drug-likeness (QED) is 0.687. The molecule has 2 aliphatic rings. The zero-order valence-electron chi connectivity index (χ0n) is 13.0. The lowest BCUT2D eigenvalue weighted by molar-refractivity contribution is 0.277. The molecule has 0 unspecified atom stereocenters. The Morgan fingerprint density at radius 3 is 2.71 bits per heavy atom. The van der Waals surface area contributed by atoms with E-state index in [0.29, 0.717) is 18.5 Å². The Bertz CT molecular complexity index is 479. The fourth-order valence-corrected chi connectivity index (χ4v) is 3.33. The Kier molecular flexibility index (Phi) is 4.46. The lowest BCUT2D eigenvalue weighted by Crippen LogP contribution is -2.42. The first kappa shape index (κ1) is 14.4. The summed E-state index contributed by atoms with van der Waals surface area (Å²) in [5.74, 6) is 1.49. The fourth-order valence-electron chi connectivity index (χ4n) is 3.33. The number of nitrogens with zero attached hydrogens (tertiary/aromatic N) is 4. The number of hydrogen-bond donors (Lipinski definition) is 1. The van der Waals surface area contributed by atoms with Crippen molar-refractivity contribution in [3.8, 4) is 0 Å². The summed E-state index contributed by atoms with van der Waals surface area (Å²) >= 11 is 0. The molecule has 2 heterocycles. The van der Waals surface area contributed by atoms with Crippen LogP contribution in [0.5, 0.6) is 0 Å². The van der Waals surface area contributed by atoms with Crippen LogP contribution in [0.4, 0.5) is 0 Å². The second-order valence-corrected chi connectivity index (χ2v) is 6.57. The van der Waals surface area contributed by atoms with Crippen molar-refractivity contribution >= 4 is 5.96 Å². The molecule has 2 fully saturated rings. The van der Waals surface area contributed by atoms with Gasteiger partial charge in [0, 0.05) is 19.3 Å². The molecule has 0 bridgehead atoms. The van der Waals surface area contributed by atoms with E-state index in [1.807, 2.05) is 0 Å². The molecule has 116 valence electrons. The van der Waals surface area contributed by atoms with E-state index in [1.54, 1.807) is 0 Å². The molecule has 1 aromatic heterocycles. The van der Waals surface area contributed by atoms with Gasteiger partial charge in [0.1, 0.15) is 0 Å². The SMILES string of the molecule is CC1CCN(C(N)=NCc2ccn(C3CCCC3)n2)CC1. The van der Waals surface area contributed by atoms with Gasteiger partial charge in [0.2, 0.25) is 0 Å². The summed E-state index contributed by atoms with van der Waals surface area (Å²) in [5, 5.41) is 4.66. The first-order valence-electron chi connectivity index (χ1n) is 8.31. The number of likely N-dealkylation sites (tertiary alicyclic amines) is 1. The van der Waals surface area contributed by atoms with Crippen LogP contribution in [0.25, 0.3) is 0 Å². The van der Waals surface area contributed by atoms with Crippen LogP contribution in [-0.4, -0.2) is 33.7 Å². The molecule has 2 N–H and O–H groups in total. The molecule has 5 heteroatoms. The highest BCUT2D eigenvalue weighted by Gasteiger charge is 2.18. The molecule has 0 spiro atoms. The molecule has 0 aromatic carbocycles. The molecular weight excluding hydrogens is 262 g/mol. The summed E-state index contributed by atoms with van der Waals surface area (Å²) in [6.45, 7) is 4.97. The van der Waals surface area contributed by atoms with Crippen molar-refractivity contribution < 1.29 is 0 Å². The summed E-state index contributed by atoms with van der Waals surface area (Å²) < 4.78 is 2.12. The van der Waals surface area contributed by atoms with E-state index in [2.05, 4.69) is 38.9 Å². The van der Waals surface area contributed by atoms with Crippen LogP contribution in [0.2, 0.25) is 0 Å². The molecule has 0 amide bonds. The van der Waals surface area contributed by atoms with Crippen LogP contribution in [0.1, 0.15) is 57.2 Å². The molecule has 1 saturated carbocycles. The van der Waals surface area contributed by atoms with E-state index in [4.69, 9.17) is 5.73 Å². The largest absolute Gasteiger partial charge is 0.370 e. The predicted molar refractivity (Wildman–Crippen MR) is 85.0 cm³/mol. The maximum Gasteiger partial charge on any atom is 0.191 e. The Labute approximate surface area is 127 Å². The Balaban J connectivity index is 1.55. The average Bonchev–Trinajstić information content (AvgIpc) is 3.16. The minimum absolute atomic E-state index is 0.595. The van der Waals surface area contributed by atoms with Gasteiger partial charge in [-0.25, -0.2) is 4.99 Å². The number of hydrogen-bond acceptors (Lipinski definition) is 2. The molecule has 5 nitrogen and oxygen atoms in total. The summed E-state index contributed by atoms with van der Waals surface area (Å²) in [6.07, 6.45) is 9.71. The molecule has 1 aliphatic carbocycles. The second kappa shape index (κ2) is 6.50. The third kappa shape index (κ3) is 3.57. The zero-order chi connectivity index (χ0) is 14.7. The highest BCUT2D eigenvalue weighted by Crippen LogP contribution is 2.28. The van der Waals surface area contributed by atoms with Gasteiger partial charge in [0.25, 0.3) is 0 Å². The van der Waals surface area contributed by atoms with E-state index in [0.717, 1.165) is 24.7 Å². The highest BCUT2D eigenvalue weighted by molar-refractivity contribution is 5.78. The number of piperidine rings is 1. The smallest absolute Gasteiger partial charge is 0.191 e. The Morgan fingerprint density at radius 2 is 2.00 bits per heavy atom. The third-order valence-electron chi connectivity index (χ3n) is 4.87. The summed E-state index contributed by atoms with van der Waals surface area (Å²) in [4.78, 5) is 6.73.